The minimum absolute atomic E-state index is 0.0815. The summed E-state index contributed by atoms with van der Waals surface area (Å²) in [7, 11) is 1.39. The van der Waals surface area contributed by atoms with Gasteiger partial charge in [-0.1, -0.05) is 11.6 Å². The summed E-state index contributed by atoms with van der Waals surface area (Å²) in [4.78, 5) is 30.5. The molecule has 0 aromatic heterocycles. The summed E-state index contributed by atoms with van der Waals surface area (Å²) >= 11 is 5.77. The van der Waals surface area contributed by atoms with Gasteiger partial charge in [-0.25, -0.2) is 9.38 Å². The third kappa shape index (κ3) is 4.70. The number of allylic oxidation sites excluding steroid dienone is 1. The van der Waals surface area contributed by atoms with Crippen LogP contribution >= 0.6 is 11.6 Å². The van der Waals surface area contributed by atoms with E-state index in [-0.39, 0.29) is 39.9 Å². The summed E-state index contributed by atoms with van der Waals surface area (Å²) in [6.07, 6.45) is 3.79. The minimum atomic E-state index is -0.699. The Bertz CT molecular complexity index is 879. The molecule has 1 atom stereocenters. The van der Waals surface area contributed by atoms with Gasteiger partial charge in [-0.3, -0.25) is 9.59 Å². The lowest BCUT2D eigenvalue weighted by Gasteiger charge is -2.32. The monoisotopic (exact) mass is 422 g/mol. The van der Waals surface area contributed by atoms with E-state index >= 15 is 0 Å². The standard InChI is InChI=1S/C20H24ClFN4O3/c1-11(27)26-7-5-12(6-8-26)24-18-4-3-13(20(23)25-18)19(28)14-9-16(22)15(21)10-17(14)29-2/h4,9-10,12-13,24H,3,5-8H2,1-2H3,(H2,23,25). The third-order valence-corrected chi connectivity index (χ3v) is 5.56. The number of hydrogen-bond acceptors (Lipinski definition) is 6. The first kappa shape index (κ1) is 21.1. The second kappa shape index (κ2) is 8.82. The van der Waals surface area contributed by atoms with Crippen molar-refractivity contribution in [2.45, 2.75) is 32.2 Å². The van der Waals surface area contributed by atoms with Crippen molar-refractivity contribution in [2.24, 2.45) is 16.6 Å². The Labute approximate surface area is 173 Å². The molecule has 7 nitrogen and oxygen atoms in total. The van der Waals surface area contributed by atoms with Crippen LogP contribution in [-0.4, -0.2) is 48.7 Å². The SMILES string of the molecule is COc1cc(Cl)c(F)cc1C(=O)C1CC=C(NC2CCN(C(C)=O)CC2)N=C1N. The van der Waals surface area contributed by atoms with Gasteiger partial charge >= 0.3 is 0 Å². The van der Waals surface area contributed by atoms with Gasteiger partial charge in [-0.05, 0) is 31.4 Å². The second-order valence-corrected chi connectivity index (χ2v) is 7.58. The summed E-state index contributed by atoms with van der Waals surface area (Å²) in [5.41, 5.74) is 6.15. The lowest BCUT2D eigenvalue weighted by Crippen LogP contribution is -2.44. The number of benzene rings is 1. The van der Waals surface area contributed by atoms with Crippen molar-refractivity contribution in [3.8, 4) is 5.75 Å². The quantitative estimate of drug-likeness (QED) is 0.710. The number of ether oxygens (including phenoxy) is 1. The number of carbonyl (C=O) groups excluding carboxylic acids is 2. The number of hydrogen-bond donors (Lipinski definition) is 2. The van der Waals surface area contributed by atoms with Crippen LogP contribution < -0.4 is 15.8 Å². The molecular weight excluding hydrogens is 399 g/mol. The zero-order valence-electron chi connectivity index (χ0n) is 16.4. The van der Waals surface area contributed by atoms with Crippen LogP contribution in [0.4, 0.5) is 4.39 Å². The summed E-state index contributed by atoms with van der Waals surface area (Å²) in [6.45, 7) is 2.96. The molecule has 156 valence electrons. The van der Waals surface area contributed by atoms with Gasteiger partial charge in [-0.2, -0.15) is 0 Å². The number of amidine groups is 1. The topological polar surface area (TPSA) is 97.0 Å². The molecule has 1 aromatic carbocycles. The number of piperidine rings is 1. The lowest BCUT2D eigenvalue weighted by molar-refractivity contribution is -0.129. The number of nitrogens with zero attached hydrogens (tertiary/aromatic N) is 2. The highest BCUT2D eigenvalue weighted by Crippen LogP contribution is 2.30. The van der Waals surface area contributed by atoms with Crippen molar-refractivity contribution in [2.75, 3.05) is 20.2 Å². The Hall–Kier alpha value is -2.61. The first-order chi connectivity index (χ1) is 13.8. The molecule has 9 heteroatoms. The largest absolute Gasteiger partial charge is 0.496 e. The van der Waals surface area contributed by atoms with Crippen LogP contribution in [0.3, 0.4) is 0 Å². The van der Waals surface area contributed by atoms with Gasteiger partial charge in [0, 0.05) is 32.1 Å². The van der Waals surface area contributed by atoms with Crippen LogP contribution in [0, 0.1) is 11.7 Å². The van der Waals surface area contributed by atoms with Crippen LogP contribution in [0.25, 0.3) is 0 Å². The Morgan fingerprint density at radius 1 is 1.34 bits per heavy atom. The molecule has 0 saturated carbocycles. The number of amides is 1. The van der Waals surface area contributed by atoms with Crippen LogP contribution in [0.15, 0.2) is 29.0 Å². The van der Waals surface area contributed by atoms with Gasteiger partial charge in [0.2, 0.25) is 5.91 Å². The molecule has 0 aliphatic carbocycles. The van der Waals surface area contributed by atoms with Gasteiger partial charge in [0.25, 0.3) is 0 Å². The van der Waals surface area contributed by atoms with Crippen LogP contribution in [0.2, 0.25) is 5.02 Å². The maximum atomic E-state index is 13.9. The van der Waals surface area contributed by atoms with Crippen LogP contribution in [0.5, 0.6) is 5.75 Å². The molecule has 1 fully saturated rings. The molecule has 1 aromatic rings. The highest BCUT2D eigenvalue weighted by atomic mass is 35.5. The van der Waals surface area contributed by atoms with Crippen LogP contribution in [-0.2, 0) is 4.79 Å². The molecule has 3 rings (SSSR count). The zero-order valence-corrected chi connectivity index (χ0v) is 17.1. The molecule has 0 bridgehead atoms. The first-order valence-corrected chi connectivity index (χ1v) is 9.81. The van der Waals surface area contributed by atoms with Crippen molar-refractivity contribution >= 4 is 29.1 Å². The number of rotatable bonds is 5. The van der Waals surface area contributed by atoms with Crippen molar-refractivity contribution < 1.29 is 18.7 Å². The Morgan fingerprint density at radius 2 is 2.03 bits per heavy atom. The van der Waals surface area contributed by atoms with E-state index in [0.717, 1.165) is 18.9 Å². The van der Waals surface area contributed by atoms with Crippen molar-refractivity contribution in [1.29, 1.82) is 0 Å². The Kier molecular flexibility index (Phi) is 6.42. The molecule has 3 N–H and O–H groups in total. The fourth-order valence-corrected chi connectivity index (χ4v) is 3.72. The highest BCUT2D eigenvalue weighted by Gasteiger charge is 2.30. The minimum Gasteiger partial charge on any atom is -0.496 e. The van der Waals surface area contributed by atoms with Crippen molar-refractivity contribution in [3.63, 3.8) is 0 Å². The molecule has 1 amide bonds. The summed E-state index contributed by atoms with van der Waals surface area (Å²) in [5.74, 6) is -0.715. The third-order valence-electron chi connectivity index (χ3n) is 5.27. The van der Waals surface area contributed by atoms with Crippen molar-refractivity contribution in [3.05, 3.63) is 40.4 Å². The molecule has 1 unspecified atom stereocenters. The van der Waals surface area contributed by atoms with E-state index in [1.165, 1.54) is 13.2 Å². The number of methoxy groups -OCH3 is 1. The van der Waals surface area contributed by atoms with Gasteiger partial charge in [0.1, 0.15) is 23.2 Å². The molecule has 2 aliphatic heterocycles. The second-order valence-electron chi connectivity index (χ2n) is 7.17. The summed E-state index contributed by atoms with van der Waals surface area (Å²) < 4.78 is 19.0. The average Bonchev–Trinajstić information content (AvgIpc) is 2.69. The number of likely N-dealkylation sites (tertiary alicyclic amines) is 1. The van der Waals surface area contributed by atoms with Gasteiger partial charge < -0.3 is 20.7 Å². The fourth-order valence-electron chi connectivity index (χ4n) is 3.57. The van der Waals surface area contributed by atoms with Gasteiger partial charge in [0.15, 0.2) is 5.78 Å². The number of ketones is 1. The average molecular weight is 423 g/mol. The lowest BCUT2D eigenvalue weighted by atomic mass is 9.91. The predicted octanol–water partition coefficient (Wildman–Crippen LogP) is 2.49. The van der Waals surface area contributed by atoms with Crippen molar-refractivity contribution in [1.82, 2.24) is 10.2 Å². The number of aliphatic imine (C=N–C) groups is 1. The Balaban J connectivity index is 1.66. The normalized spacial score (nSPS) is 20.0. The number of Topliss-reactive ketones (excluding diaryl/α,β-unsaturated/α-hetero) is 1. The molecular formula is C20H24ClFN4O3. The van der Waals surface area contributed by atoms with E-state index in [0.29, 0.717) is 25.3 Å². The van der Waals surface area contributed by atoms with Gasteiger partial charge in [0.05, 0.1) is 23.6 Å². The number of nitrogens with two attached hydrogens (primary N) is 1. The van der Waals surface area contributed by atoms with E-state index in [2.05, 4.69) is 10.3 Å². The highest BCUT2D eigenvalue weighted by molar-refractivity contribution is 6.31. The fraction of sp³-hybridized carbons (Fsp3) is 0.450. The molecule has 29 heavy (non-hydrogen) atoms. The van der Waals surface area contributed by atoms with E-state index in [1.54, 1.807) is 6.92 Å². The number of halogens is 2. The zero-order chi connectivity index (χ0) is 21.1. The molecule has 1 saturated heterocycles. The van der Waals surface area contributed by atoms with E-state index in [4.69, 9.17) is 22.1 Å². The smallest absolute Gasteiger partial charge is 0.219 e. The number of carbonyl (C=O) groups is 2. The van der Waals surface area contributed by atoms with E-state index in [9.17, 15) is 14.0 Å². The molecule has 2 aliphatic rings. The van der Waals surface area contributed by atoms with E-state index in [1.807, 2.05) is 11.0 Å². The maximum absolute atomic E-state index is 13.9. The molecule has 0 spiro atoms. The maximum Gasteiger partial charge on any atom is 0.219 e. The first-order valence-electron chi connectivity index (χ1n) is 9.43. The predicted molar refractivity (Wildman–Crippen MR) is 109 cm³/mol. The molecule has 0 radical (unpaired) electrons. The molecule has 2 heterocycles. The van der Waals surface area contributed by atoms with E-state index < -0.39 is 11.7 Å². The Morgan fingerprint density at radius 3 is 2.62 bits per heavy atom. The van der Waals surface area contributed by atoms with Crippen LogP contribution in [0.1, 0.15) is 36.5 Å². The summed E-state index contributed by atoms with van der Waals surface area (Å²) in [5, 5.41) is 3.21. The summed E-state index contributed by atoms with van der Waals surface area (Å²) in [6, 6.07) is 2.53. The van der Waals surface area contributed by atoms with Gasteiger partial charge in [-0.15, -0.1) is 0 Å². The number of nitrogens with one attached hydrogen (secondary N) is 1.